The SMILES string of the molecule is Cc1c(C)c(C)c(N2C=CN(c3cc(Oc4ccc5c6cc(C(C)(C)C)ccc6n(-c6cc(C(C)(C)C)ccn6)c5c4)cc(C(C)(C)C)c3)C2)c(C)c1C. The first-order chi connectivity index (χ1) is 25.2. The number of pyridine rings is 1. The lowest BCUT2D eigenvalue weighted by molar-refractivity contribution is 0.479. The van der Waals surface area contributed by atoms with Gasteiger partial charge >= 0.3 is 0 Å². The number of hydrogen-bond donors (Lipinski definition) is 0. The molecule has 5 heteroatoms. The average molecular weight is 719 g/mol. The van der Waals surface area contributed by atoms with Crippen LogP contribution in [-0.2, 0) is 16.2 Å². The van der Waals surface area contributed by atoms with E-state index in [1.54, 1.807) is 0 Å². The zero-order valence-corrected chi connectivity index (χ0v) is 35.0. The molecule has 0 radical (unpaired) electrons. The van der Waals surface area contributed by atoms with E-state index in [4.69, 9.17) is 9.72 Å². The maximum atomic E-state index is 6.86. The molecule has 280 valence electrons. The van der Waals surface area contributed by atoms with Gasteiger partial charge in [0.05, 0.1) is 17.7 Å². The van der Waals surface area contributed by atoms with Gasteiger partial charge in [0.25, 0.3) is 0 Å². The van der Waals surface area contributed by atoms with E-state index in [-0.39, 0.29) is 16.2 Å². The van der Waals surface area contributed by atoms with Gasteiger partial charge in [-0.25, -0.2) is 4.98 Å². The number of rotatable bonds is 5. The van der Waals surface area contributed by atoms with E-state index in [1.165, 1.54) is 61.0 Å². The van der Waals surface area contributed by atoms with Crippen molar-refractivity contribution in [2.75, 3.05) is 16.5 Å². The molecule has 0 saturated carbocycles. The van der Waals surface area contributed by atoms with Crippen molar-refractivity contribution < 1.29 is 4.74 Å². The van der Waals surface area contributed by atoms with E-state index in [2.05, 4.69) is 190 Å². The van der Waals surface area contributed by atoms with Crippen LogP contribution in [0.2, 0.25) is 0 Å². The van der Waals surface area contributed by atoms with Crippen molar-refractivity contribution in [1.82, 2.24) is 9.55 Å². The molecule has 1 aliphatic rings. The highest BCUT2D eigenvalue weighted by Gasteiger charge is 2.25. The van der Waals surface area contributed by atoms with Crippen LogP contribution in [0.15, 0.2) is 85.3 Å². The summed E-state index contributed by atoms with van der Waals surface area (Å²) in [5.41, 5.74) is 15.2. The van der Waals surface area contributed by atoms with Gasteiger partial charge in [0.2, 0.25) is 0 Å². The van der Waals surface area contributed by atoms with Crippen molar-refractivity contribution in [3.8, 4) is 17.3 Å². The predicted molar refractivity (Wildman–Crippen MR) is 230 cm³/mol. The van der Waals surface area contributed by atoms with Crippen LogP contribution in [0.5, 0.6) is 11.5 Å². The molecule has 0 N–H and O–H groups in total. The molecule has 6 aromatic rings. The summed E-state index contributed by atoms with van der Waals surface area (Å²) in [4.78, 5) is 9.64. The Balaban J connectivity index is 1.31. The topological polar surface area (TPSA) is 33.5 Å². The van der Waals surface area contributed by atoms with Gasteiger partial charge in [-0.05, 0) is 144 Å². The van der Waals surface area contributed by atoms with Gasteiger partial charge in [-0.2, -0.15) is 0 Å². The number of aromatic nitrogens is 2. The van der Waals surface area contributed by atoms with Gasteiger partial charge in [0.15, 0.2) is 0 Å². The summed E-state index contributed by atoms with van der Waals surface area (Å²) in [7, 11) is 0. The number of benzene rings is 4. The Kier molecular flexibility index (Phi) is 9.03. The Hall–Kier alpha value is -5.03. The van der Waals surface area contributed by atoms with Gasteiger partial charge in [0.1, 0.15) is 17.3 Å². The van der Waals surface area contributed by atoms with E-state index in [1.807, 2.05) is 6.20 Å². The lowest BCUT2D eigenvalue weighted by Crippen LogP contribution is -2.26. The largest absolute Gasteiger partial charge is 0.457 e. The molecule has 0 spiro atoms. The fourth-order valence-electron chi connectivity index (χ4n) is 7.81. The third-order valence-electron chi connectivity index (χ3n) is 11.7. The standard InChI is InChI=1S/C49H58N4O/c1-30-31(2)33(4)46(34(5)32(30)3)52-22-21-51(29-52)38-23-37(49(12,13)14)24-40(27-38)54-39-16-17-41-42-25-35(47(6,7)8)15-18-43(42)53(44(41)28-39)45-26-36(19-20-50-45)48(9,10)11/h15-28H,29H2,1-14H3. The van der Waals surface area contributed by atoms with Crippen LogP contribution in [0.4, 0.5) is 11.4 Å². The number of hydrogen-bond acceptors (Lipinski definition) is 4. The van der Waals surface area contributed by atoms with Gasteiger partial charge in [-0.3, -0.25) is 4.57 Å². The van der Waals surface area contributed by atoms with Gasteiger partial charge in [0, 0.05) is 52.9 Å². The molecule has 7 rings (SSSR count). The van der Waals surface area contributed by atoms with Crippen molar-refractivity contribution >= 4 is 33.2 Å². The second-order valence-corrected chi connectivity index (χ2v) is 18.6. The smallest absolute Gasteiger partial charge is 0.137 e. The summed E-state index contributed by atoms with van der Waals surface area (Å²) in [6.07, 6.45) is 6.35. The Bertz CT molecular complexity index is 2430. The normalized spacial score (nSPS) is 13.9. The summed E-state index contributed by atoms with van der Waals surface area (Å²) in [5, 5.41) is 2.41. The van der Waals surface area contributed by atoms with Crippen LogP contribution in [0.25, 0.3) is 27.6 Å². The maximum absolute atomic E-state index is 6.86. The van der Waals surface area contributed by atoms with Crippen LogP contribution in [0.3, 0.4) is 0 Å². The van der Waals surface area contributed by atoms with E-state index in [0.29, 0.717) is 0 Å². The average Bonchev–Trinajstić information content (AvgIpc) is 3.71. The van der Waals surface area contributed by atoms with Crippen LogP contribution < -0.4 is 14.5 Å². The Morgan fingerprint density at radius 1 is 0.519 bits per heavy atom. The Morgan fingerprint density at radius 2 is 1.13 bits per heavy atom. The number of nitrogens with zero attached hydrogens (tertiary/aromatic N) is 4. The number of fused-ring (bicyclic) bond motifs is 3. The van der Waals surface area contributed by atoms with E-state index in [0.717, 1.165) is 40.7 Å². The minimum Gasteiger partial charge on any atom is -0.457 e. The highest BCUT2D eigenvalue weighted by Crippen LogP contribution is 2.41. The molecule has 5 nitrogen and oxygen atoms in total. The van der Waals surface area contributed by atoms with Crippen LogP contribution in [-0.4, -0.2) is 16.2 Å². The van der Waals surface area contributed by atoms with Crippen LogP contribution in [0.1, 0.15) is 107 Å². The summed E-state index contributed by atoms with van der Waals surface area (Å²) < 4.78 is 9.17. The van der Waals surface area contributed by atoms with Crippen molar-refractivity contribution in [2.24, 2.45) is 0 Å². The van der Waals surface area contributed by atoms with Crippen molar-refractivity contribution in [2.45, 2.75) is 113 Å². The second kappa shape index (κ2) is 13.1. The molecular weight excluding hydrogens is 661 g/mol. The van der Waals surface area contributed by atoms with E-state index in [9.17, 15) is 0 Å². The molecule has 0 fully saturated rings. The third kappa shape index (κ3) is 6.67. The van der Waals surface area contributed by atoms with Gasteiger partial charge < -0.3 is 14.5 Å². The predicted octanol–water partition coefficient (Wildman–Crippen LogP) is 13.2. The molecule has 1 aliphatic heterocycles. The fraction of sp³-hybridized carbons (Fsp3) is 0.367. The summed E-state index contributed by atoms with van der Waals surface area (Å²) in [5.74, 6) is 2.53. The summed E-state index contributed by atoms with van der Waals surface area (Å²) in [6.45, 7) is 32.3. The minimum atomic E-state index is -0.0690. The maximum Gasteiger partial charge on any atom is 0.137 e. The number of ether oxygens (including phenoxy) is 1. The quantitative estimate of drug-likeness (QED) is 0.178. The number of anilines is 2. The second-order valence-electron chi connectivity index (χ2n) is 18.6. The zero-order valence-electron chi connectivity index (χ0n) is 35.0. The van der Waals surface area contributed by atoms with Crippen molar-refractivity contribution in [3.05, 3.63) is 130 Å². The van der Waals surface area contributed by atoms with E-state index < -0.39 is 0 Å². The Labute approximate surface area is 323 Å². The molecule has 3 heterocycles. The molecule has 0 aliphatic carbocycles. The molecule has 2 aromatic heterocycles. The molecule has 4 aromatic carbocycles. The highest BCUT2D eigenvalue weighted by atomic mass is 16.5. The first-order valence-corrected chi connectivity index (χ1v) is 19.4. The first kappa shape index (κ1) is 37.3. The minimum absolute atomic E-state index is 0.00283. The molecule has 54 heavy (non-hydrogen) atoms. The molecule has 0 saturated heterocycles. The molecule has 0 atom stereocenters. The van der Waals surface area contributed by atoms with Crippen LogP contribution >= 0.6 is 0 Å². The lowest BCUT2D eigenvalue weighted by Gasteiger charge is -2.28. The Morgan fingerprint density at radius 3 is 1.78 bits per heavy atom. The summed E-state index contributed by atoms with van der Waals surface area (Å²) in [6, 6.07) is 24.5. The molecule has 0 unspecified atom stereocenters. The molecular formula is C49H58N4O. The lowest BCUT2D eigenvalue weighted by atomic mass is 9.86. The van der Waals surface area contributed by atoms with Crippen molar-refractivity contribution in [1.29, 1.82) is 0 Å². The van der Waals surface area contributed by atoms with Gasteiger partial charge in [-0.15, -0.1) is 0 Å². The first-order valence-electron chi connectivity index (χ1n) is 19.4. The van der Waals surface area contributed by atoms with Gasteiger partial charge in [-0.1, -0.05) is 68.4 Å². The molecule has 0 amide bonds. The van der Waals surface area contributed by atoms with E-state index >= 15 is 0 Å². The zero-order chi connectivity index (χ0) is 39.1. The van der Waals surface area contributed by atoms with Crippen molar-refractivity contribution in [3.63, 3.8) is 0 Å². The monoisotopic (exact) mass is 718 g/mol. The fourth-order valence-corrected chi connectivity index (χ4v) is 7.81. The third-order valence-corrected chi connectivity index (χ3v) is 11.7. The van der Waals surface area contributed by atoms with Crippen LogP contribution in [0, 0.1) is 34.6 Å². The highest BCUT2D eigenvalue weighted by molar-refractivity contribution is 6.09. The summed E-state index contributed by atoms with van der Waals surface area (Å²) >= 11 is 0. The molecule has 0 bridgehead atoms.